The van der Waals surface area contributed by atoms with Crippen LogP contribution < -0.4 is 5.73 Å². The largest absolute Gasteiger partial charge is 0.347 e. The standard InChI is InChI=1S/C16H19N3/c17-8-3-13-1-2-14-4-10-19(15(14)11-13)12-16(5-6-16)7-9-18/h1-2,4,10-11H,3,5-8,12,17H2. The minimum Gasteiger partial charge on any atom is -0.347 e. The van der Waals surface area contributed by atoms with Gasteiger partial charge in [0.15, 0.2) is 0 Å². The lowest BCUT2D eigenvalue weighted by Gasteiger charge is -2.13. The molecule has 0 atom stereocenters. The molecule has 0 saturated heterocycles. The van der Waals surface area contributed by atoms with Crippen molar-refractivity contribution in [2.24, 2.45) is 11.1 Å². The van der Waals surface area contributed by atoms with Crippen molar-refractivity contribution in [2.75, 3.05) is 6.54 Å². The van der Waals surface area contributed by atoms with Gasteiger partial charge < -0.3 is 10.3 Å². The number of nitrogens with two attached hydrogens (primary N) is 1. The van der Waals surface area contributed by atoms with Crippen molar-refractivity contribution in [3.8, 4) is 6.07 Å². The van der Waals surface area contributed by atoms with Crippen molar-refractivity contribution in [3.05, 3.63) is 36.0 Å². The summed E-state index contributed by atoms with van der Waals surface area (Å²) in [6.07, 6.45) is 6.11. The molecule has 1 fully saturated rings. The van der Waals surface area contributed by atoms with E-state index >= 15 is 0 Å². The molecule has 0 spiro atoms. The quantitative estimate of drug-likeness (QED) is 0.890. The van der Waals surface area contributed by atoms with E-state index in [4.69, 9.17) is 11.0 Å². The Labute approximate surface area is 113 Å². The van der Waals surface area contributed by atoms with E-state index in [9.17, 15) is 0 Å². The third-order valence-electron chi connectivity index (χ3n) is 4.19. The molecule has 1 aromatic heterocycles. The fraction of sp³-hybridized carbons (Fsp3) is 0.438. The molecule has 3 nitrogen and oxygen atoms in total. The van der Waals surface area contributed by atoms with Crippen molar-refractivity contribution in [1.29, 1.82) is 5.26 Å². The summed E-state index contributed by atoms with van der Waals surface area (Å²) in [5, 5.41) is 10.2. The van der Waals surface area contributed by atoms with Gasteiger partial charge in [0, 0.05) is 30.1 Å². The average Bonchev–Trinajstić information content (AvgIpc) is 3.05. The Bertz CT molecular complexity index is 629. The Morgan fingerprint density at radius 1 is 1.32 bits per heavy atom. The fourth-order valence-corrected chi connectivity index (χ4v) is 2.79. The van der Waals surface area contributed by atoms with E-state index in [1.165, 1.54) is 29.3 Å². The number of hydrogen-bond donors (Lipinski definition) is 1. The molecule has 1 heterocycles. The van der Waals surface area contributed by atoms with Crippen LogP contribution in [-0.2, 0) is 13.0 Å². The van der Waals surface area contributed by atoms with E-state index in [0.29, 0.717) is 13.0 Å². The summed E-state index contributed by atoms with van der Waals surface area (Å²) >= 11 is 0. The lowest BCUT2D eigenvalue weighted by Crippen LogP contribution is -2.10. The van der Waals surface area contributed by atoms with E-state index in [0.717, 1.165) is 13.0 Å². The van der Waals surface area contributed by atoms with Crippen LogP contribution in [0.25, 0.3) is 10.9 Å². The highest BCUT2D eigenvalue weighted by Gasteiger charge is 2.42. The summed E-state index contributed by atoms with van der Waals surface area (Å²) < 4.78 is 2.31. The zero-order valence-electron chi connectivity index (χ0n) is 11.1. The molecule has 19 heavy (non-hydrogen) atoms. The van der Waals surface area contributed by atoms with Crippen molar-refractivity contribution in [2.45, 2.75) is 32.2 Å². The van der Waals surface area contributed by atoms with Gasteiger partial charge in [-0.15, -0.1) is 0 Å². The number of benzene rings is 1. The minimum absolute atomic E-state index is 0.241. The maximum Gasteiger partial charge on any atom is 0.0628 e. The zero-order valence-corrected chi connectivity index (χ0v) is 11.1. The summed E-state index contributed by atoms with van der Waals surface area (Å²) in [7, 11) is 0. The van der Waals surface area contributed by atoms with Gasteiger partial charge in [-0.3, -0.25) is 0 Å². The van der Waals surface area contributed by atoms with Crippen LogP contribution in [0.15, 0.2) is 30.5 Å². The number of aromatic nitrogens is 1. The Balaban J connectivity index is 1.91. The maximum atomic E-state index is 8.92. The molecule has 0 bridgehead atoms. The predicted molar refractivity (Wildman–Crippen MR) is 76.6 cm³/mol. The third kappa shape index (κ3) is 2.36. The molecule has 98 valence electrons. The molecule has 0 unspecified atom stereocenters. The van der Waals surface area contributed by atoms with Gasteiger partial charge in [-0.25, -0.2) is 0 Å². The van der Waals surface area contributed by atoms with Crippen LogP contribution in [0.4, 0.5) is 0 Å². The molecule has 0 radical (unpaired) electrons. The second-order valence-electron chi connectivity index (χ2n) is 5.71. The number of hydrogen-bond acceptors (Lipinski definition) is 2. The third-order valence-corrected chi connectivity index (χ3v) is 4.19. The number of fused-ring (bicyclic) bond motifs is 1. The van der Waals surface area contributed by atoms with Gasteiger partial charge in [-0.2, -0.15) is 5.26 Å². The molecular weight excluding hydrogens is 234 g/mol. The molecule has 3 rings (SSSR count). The first kappa shape index (κ1) is 12.3. The van der Waals surface area contributed by atoms with Gasteiger partial charge in [0.2, 0.25) is 0 Å². The summed E-state index contributed by atoms with van der Waals surface area (Å²) in [5.41, 5.74) is 8.43. The Morgan fingerprint density at radius 3 is 2.84 bits per heavy atom. The van der Waals surface area contributed by atoms with E-state index in [1.54, 1.807) is 0 Å². The summed E-state index contributed by atoms with van der Waals surface area (Å²) in [6.45, 7) is 1.65. The normalized spacial score (nSPS) is 16.4. The van der Waals surface area contributed by atoms with Crippen molar-refractivity contribution in [3.63, 3.8) is 0 Å². The topological polar surface area (TPSA) is 54.7 Å². The van der Waals surface area contributed by atoms with Gasteiger partial charge in [0.1, 0.15) is 0 Å². The second kappa shape index (κ2) is 4.71. The number of nitrogens with zero attached hydrogens (tertiary/aromatic N) is 2. The van der Waals surface area contributed by atoms with Gasteiger partial charge in [0.05, 0.1) is 6.07 Å². The number of rotatable bonds is 5. The Kier molecular flexibility index (Phi) is 3.04. The predicted octanol–water partition coefficient (Wildman–Crippen LogP) is 2.84. The second-order valence-corrected chi connectivity index (χ2v) is 5.71. The lowest BCUT2D eigenvalue weighted by atomic mass is 10.0. The molecule has 2 aromatic rings. The first-order valence-electron chi connectivity index (χ1n) is 6.91. The highest BCUT2D eigenvalue weighted by Crippen LogP contribution is 2.50. The molecule has 3 heteroatoms. The van der Waals surface area contributed by atoms with Gasteiger partial charge in [-0.1, -0.05) is 12.1 Å². The van der Waals surface area contributed by atoms with Gasteiger partial charge in [0.25, 0.3) is 0 Å². The van der Waals surface area contributed by atoms with Crippen LogP contribution in [0.3, 0.4) is 0 Å². The highest BCUT2D eigenvalue weighted by molar-refractivity contribution is 5.80. The van der Waals surface area contributed by atoms with Gasteiger partial charge in [-0.05, 0) is 48.9 Å². The highest BCUT2D eigenvalue weighted by atomic mass is 15.0. The molecule has 1 aliphatic rings. The monoisotopic (exact) mass is 253 g/mol. The lowest BCUT2D eigenvalue weighted by molar-refractivity contribution is 0.440. The van der Waals surface area contributed by atoms with Crippen LogP contribution in [-0.4, -0.2) is 11.1 Å². The fourth-order valence-electron chi connectivity index (χ4n) is 2.79. The van der Waals surface area contributed by atoms with Crippen molar-refractivity contribution < 1.29 is 0 Å². The summed E-state index contributed by atoms with van der Waals surface area (Å²) in [6, 6.07) is 11.1. The van der Waals surface area contributed by atoms with Crippen LogP contribution in [0.1, 0.15) is 24.8 Å². The van der Waals surface area contributed by atoms with Crippen molar-refractivity contribution >= 4 is 10.9 Å². The van der Waals surface area contributed by atoms with Crippen LogP contribution in [0.2, 0.25) is 0 Å². The summed E-state index contributed by atoms with van der Waals surface area (Å²) in [4.78, 5) is 0. The van der Waals surface area contributed by atoms with Crippen molar-refractivity contribution in [1.82, 2.24) is 4.57 Å². The average molecular weight is 253 g/mol. The van der Waals surface area contributed by atoms with Crippen LogP contribution in [0, 0.1) is 16.7 Å². The Morgan fingerprint density at radius 2 is 2.16 bits per heavy atom. The zero-order chi connectivity index (χ0) is 13.3. The maximum absolute atomic E-state index is 8.92. The first-order valence-corrected chi connectivity index (χ1v) is 6.91. The van der Waals surface area contributed by atoms with Crippen LogP contribution >= 0.6 is 0 Å². The smallest absolute Gasteiger partial charge is 0.0628 e. The molecule has 2 N–H and O–H groups in total. The summed E-state index contributed by atoms with van der Waals surface area (Å²) in [5.74, 6) is 0. The van der Waals surface area contributed by atoms with Crippen LogP contribution in [0.5, 0.6) is 0 Å². The SMILES string of the molecule is N#CCC1(Cn2ccc3ccc(CCN)cc32)CC1. The number of nitriles is 1. The molecule has 1 saturated carbocycles. The Hall–Kier alpha value is -1.79. The van der Waals surface area contributed by atoms with Gasteiger partial charge >= 0.3 is 0 Å². The molecular formula is C16H19N3. The first-order chi connectivity index (χ1) is 9.26. The van der Waals surface area contributed by atoms with E-state index in [-0.39, 0.29) is 5.41 Å². The van der Waals surface area contributed by atoms with E-state index in [2.05, 4.69) is 41.1 Å². The molecule has 0 amide bonds. The molecule has 1 aliphatic carbocycles. The minimum atomic E-state index is 0.241. The van der Waals surface area contributed by atoms with E-state index in [1.807, 2.05) is 0 Å². The molecule has 1 aromatic carbocycles. The van der Waals surface area contributed by atoms with E-state index < -0.39 is 0 Å². The molecule has 0 aliphatic heterocycles.